The molecule has 0 spiro atoms. The minimum Gasteiger partial charge on any atom is -0.477 e. The molecule has 2 atom stereocenters. The Labute approximate surface area is 228 Å². The Hall–Kier alpha value is -3.82. The molecule has 2 amide bonds. The number of oxime groups is 1. The van der Waals surface area contributed by atoms with E-state index in [4.69, 9.17) is 10.6 Å². The van der Waals surface area contributed by atoms with Crippen molar-refractivity contribution in [3.05, 3.63) is 57.2 Å². The number of allylic oxidation sites excluding steroid dienone is 2. The van der Waals surface area contributed by atoms with Crippen molar-refractivity contribution in [3.8, 4) is 0 Å². The Morgan fingerprint density at radius 3 is 2.95 bits per heavy atom. The highest BCUT2D eigenvalue weighted by Crippen LogP contribution is 2.39. The van der Waals surface area contributed by atoms with Gasteiger partial charge in [-0.1, -0.05) is 16.5 Å². The van der Waals surface area contributed by atoms with Crippen molar-refractivity contribution in [2.75, 3.05) is 18.6 Å². The first-order chi connectivity index (χ1) is 18.3. The molecule has 15 heteroatoms. The van der Waals surface area contributed by atoms with Crippen LogP contribution in [0.2, 0.25) is 0 Å². The number of carbonyl (C=O) groups is 3. The average molecular weight is 573 g/mol. The zero-order valence-corrected chi connectivity index (χ0v) is 22.6. The van der Waals surface area contributed by atoms with Crippen molar-refractivity contribution in [3.63, 3.8) is 0 Å². The maximum absolute atomic E-state index is 13.0. The van der Waals surface area contributed by atoms with Crippen molar-refractivity contribution in [2.45, 2.75) is 25.6 Å². The minimum atomic E-state index is -1.22. The van der Waals surface area contributed by atoms with Crippen LogP contribution in [0, 0.1) is 6.92 Å². The van der Waals surface area contributed by atoms with Crippen molar-refractivity contribution in [1.82, 2.24) is 20.2 Å². The number of carboxylic acid groups (broad SMARTS) is 1. The molecule has 0 bridgehead atoms. The molecule has 1 saturated heterocycles. The molecule has 1 fully saturated rings. The van der Waals surface area contributed by atoms with Gasteiger partial charge in [0.1, 0.15) is 30.1 Å². The SMILES string of the molecule is CON=C(C(=O)NC1C(=O)N2C(C(=O)O)=C(C=CC[n+]3cccc4nc(C)sc43)SCC12)c1csc(N)n1. The van der Waals surface area contributed by atoms with Gasteiger partial charge in [0.15, 0.2) is 23.6 Å². The van der Waals surface area contributed by atoms with Crippen LogP contribution in [-0.2, 0) is 25.8 Å². The molecule has 3 aromatic rings. The van der Waals surface area contributed by atoms with Gasteiger partial charge < -0.3 is 21.0 Å². The van der Waals surface area contributed by atoms with Gasteiger partial charge in [-0.2, -0.15) is 4.57 Å². The van der Waals surface area contributed by atoms with Crippen LogP contribution >= 0.6 is 34.4 Å². The van der Waals surface area contributed by atoms with Gasteiger partial charge in [0.2, 0.25) is 0 Å². The number of rotatable bonds is 8. The second-order valence-electron chi connectivity index (χ2n) is 8.24. The first-order valence-electron chi connectivity index (χ1n) is 11.3. The summed E-state index contributed by atoms with van der Waals surface area (Å²) in [6.07, 6.45) is 5.52. The molecule has 2 unspecified atom stereocenters. The van der Waals surface area contributed by atoms with E-state index in [9.17, 15) is 19.5 Å². The molecule has 3 aromatic heterocycles. The Balaban J connectivity index is 1.32. The topological polar surface area (TPSA) is 164 Å². The highest BCUT2D eigenvalue weighted by Gasteiger charge is 2.54. The average Bonchev–Trinajstić information content (AvgIpc) is 3.49. The molecular formula is C23H22N7O5S3+. The molecule has 5 heterocycles. The van der Waals surface area contributed by atoms with E-state index in [1.807, 2.05) is 35.9 Å². The predicted molar refractivity (Wildman–Crippen MR) is 143 cm³/mol. The highest BCUT2D eigenvalue weighted by molar-refractivity contribution is 8.03. The first kappa shape index (κ1) is 25.8. The number of aliphatic carboxylic acids is 1. The lowest BCUT2D eigenvalue weighted by Crippen LogP contribution is -2.73. The monoisotopic (exact) mass is 572 g/mol. The Kier molecular flexibility index (Phi) is 7.14. The van der Waals surface area contributed by atoms with E-state index in [2.05, 4.69) is 20.4 Å². The fourth-order valence-electron chi connectivity index (χ4n) is 4.22. The molecular weight excluding hydrogens is 550 g/mol. The number of carboxylic acids is 1. The Morgan fingerprint density at radius 1 is 1.42 bits per heavy atom. The number of hydrogen-bond acceptors (Lipinski definition) is 11. The molecule has 2 aliphatic heterocycles. The lowest BCUT2D eigenvalue weighted by molar-refractivity contribution is -0.659. The standard InChI is InChI=1S/C23H21N7O5S3/c1-11-25-12-5-3-7-29(21(12)38-11)8-4-6-15-18(22(33)34)30-14(10-36-15)17(20(30)32)27-19(31)16(28-35-2)13-9-37-23(24)26-13/h3-7,9,14,17H,8,10H2,1-2H3,(H3-,24,26,27,31,33,34)/p+1. The van der Waals surface area contributed by atoms with Crippen molar-refractivity contribution in [1.29, 1.82) is 0 Å². The number of hydrogen-bond donors (Lipinski definition) is 3. The Bertz CT molecular complexity index is 1540. The third-order valence-electron chi connectivity index (χ3n) is 5.85. The molecule has 0 saturated carbocycles. The van der Waals surface area contributed by atoms with Crippen LogP contribution in [0.15, 0.2) is 51.6 Å². The van der Waals surface area contributed by atoms with Crippen LogP contribution in [-0.4, -0.2) is 68.4 Å². The van der Waals surface area contributed by atoms with Crippen LogP contribution in [0.5, 0.6) is 0 Å². The summed E-state index contributed by atoms with van der Waals surface area (Å²) in [6.45, 7) is 2.46. The van der Waals surface area contributed by atoms with Crippen LogP contribution in [0.4, 0.5) is 5.13 Å². The molecule has 12 nitrogen and oxygen atoms in total. The van der Waals surface area contributed by atoms with E-state index < -0.39 is 29.9 Å². The number of carbonyl (C=O) groups excluding carboxylic acids is 2. The number of thioether (sulfide) groups is 1. The number of nitrogen functional groups attached to an aromatic ring is 1. The molecule has 4 N–H and O–H groups in total. The van der Waals surface area contributed by atoms with Gasteiger partial charge in [-0.25, -0.2) is 14.8 Å². The maximum Gasteiger partial charge on any atom is 0.353 e. The summed E-state index contributed by atoms with van der Waals surface area (Å²) in [5.74, 6) is -1.99. The van der Waals surface area contributed by atoms with Crippen molar-refractivity contribution >= 4 is 73.4 Å². The molecule has 0 radical (unpaired) electrons. The van der Waals surface area contributed by atoms with Crippen molar-refractivity contribution in [2.24, 2.45) is 5.16 Å². The minimum absolute atomic E-state index is 0.104. The number of nitrogens with zero attached hydrogens (tertiary/aromatic N) is 5. The zero-order chi connectivity index (χ0) is 27.0. The molecule has 196 valence electrons. The summed E-state index contributed by atoms with van der Waals surface area (Å²) < 4.78 is 2.03. The lowest BCUT2D eigenvalue weighted by Gasteiger charge is -2.49. The molecule has 2 aliphatic rings. The summed E-state index contributed by atoms with van der Waals surface area (Å²) in [7, 11) is 1.28. The fraction of sp³-hybridized carbons (Fsp3) is 0.261. The molecule has 0 aromatic carbocycles. The highest BCUT2D eigenvalue weighted by atomic mass is 32.2. The summed E-state index contributed by atoms with van der Waals surface area (Å²) >= 11 is 4.04. The third kappa shape index (κ3) is 4.75. The second-order valence-corrected chi connectivity index (χ2v) is 11.4. The van der Waals surface area contributed by atoms with Crippen LogP contribution in [0.25, 0.3) is 10.3 Å². The maximum atomic E-state index is 13.0. The van der Waals surface area contributed by atoms with E-state index in [1.165, 1.54) is 23.8 Å². The van der Waals surface area contributed by atoms with Gasteiger partial charge in [-0.15, -0.1) is 23.1 Å². The first-order valence-corrected chi connectivity index (χ1v) is 14.0. The number of nitrogens with one attached hydrogen (secondary N) is 1. The molecule has 5 rings (SSSR count). The van der Waals surface area contributed by atoms with Gasteiger partial charge in [0.05, 0.1) is 11.0 Å². The largest absolute Gasteiger partial charge is 0.477 e. The number of pyridine rings is 1. The third-order valence-corrected chi connectivity index (χ3v) is 8.70. The molecule has 38 heavy (non-hydrogen) atoms. The Morgan fingerprint density at radius 2 is 2.24 bits per heavy atom. The summed E-state index contributed by atoms with van der Waals surface area (Å²) in [5, 5.41) is 19.1. The number of thiazole rings is 2. The van der Waals surface area contributed by atoms with Gasteiger partial charge in [0, 0.05) is 22.1 Å². The summed E-state index contributed by atoms with van der Waals surface area (Å²) in [5.41, 5.74) is 6.54. The number of aromatic nitrogens is 3. The van der Waals surface area contributed by atoms with E-state index >= 15 is 0 Å². The normalized spacial score (nSPS) is 19.6. The van der Waals surface area contributed by atoms with Crippen LogP contribution in [0.3, 0.4) is 0 Å². The van der Waals surface area contributed by atoms with E-state index in [0.717, 1.165) is 26.7 Å². The number of nitrogens with two attached hydrogens (primary N) is 1. The smallest absolute Gasteiger partial charge is 0.353 e. The second kappa shape index (κ2) is 10.5. The van der Waals surface area contributed by atoms with E-state index in [-0.39, 0.29) is 22.2 Å². The summed E-state index contributed by atoms with van der Waals surface area (Å²) in [4.78, 5) is 54.1. The number of fused-ring (bicyclic) bond motifs is 2. The fourth-order valence-corrected chi connectivity index (χ4v) is 6.87. The van der Waals surface area contributed by atoms with Gasteiger partial charge in [0.25, 0.3) is 16.6 Å². The van der Waals surface area contributed by atoms with E-state index in [1.54, 1.807) is 22.8 Å². The van der Waals surface area contributed by atoms with E-state index in [0.29, 0.717) is 17.2 Å². The van der Waals surface area contributed by atoms with Crippen LogP contribution in [0.1, 0.15) is 10.7 Å². The van der Waals surface area contributed by atoms with Crippen molar-refractivity contribution < 1.29 is 28.9 Å². The zero-order valence-electron chi connectivity index (χ0n) is 20.2. The predicted octanol–water partition coefficient (Wildman–Crippen LogP) is 1.28. The quantitative estimate of drug-likeness (QED) is 0.156. The number of anilines is 1. The van der Waals surface area contributed by atoms with Crippen LogP contribution < -0.4 is 15.6 Å². The number of aryl methyl sites for hydroxylation is 1. The van der Waals surface area contributed by atoms with Gasteiger partial charge >= 0.3 is 5.97 Å². The number of β-lactam (4-membered cyclic amide) rings is 1. The summed E-state index contributed by atoms with van der Waals surface area (Å²) in [6, 6.07) is 2.43. The molecule has 0 aliphatic carbocycles. The van der Waals surface area contributed by atoms with Gasteiger partial charge in [-0.3, -0.25) is 14.5 Å². The number of amides is 2. The lowest BCUT2D eigenvalue weighted by atomic mass is 9.94. The van der Waals surface area contributed by atoms with Gasteiger partial charge in [-0.05, 0) is 25.1 Å².